The maximum atomic E-state index is 11.7. The van der Waals surface area contributed by atoms with Crippen molar-refractivity contribution in [2.75, 3.05) is 0 Å². The number of unbranched alkanes of at least 4 members (excludes halogenated alkanes) is 6. The molecule has 0 heterocycles. The normalized spacial score (nSPS) is 12.1. The fourth-order valence-electron chi connectivity index (χ4n) is 2.27. The van der Waals surface area contributed by atoms with Crippen LogP contribution in [0.4, 0.5) is 0 Å². The van der Waals surface area contributed by atoms with E-state index in [0.717, 1.165) is 18.4 Å². The van der Waals surface area contributed by atoms with Crippen LogP contribution >= 0.6 is 0 Å². The first-order valence-corrected chi connectivity index (χ1v) is 7.98. The van der Waals surface area contributed by atoms with Gasteiger partial charge in [0.1, 0.15) is 6.10 Å². The lowest BCUT2D eigenvalue weighted by Gasteiger charge is -2.13. The molecule has 0 bridgehead atoms. The Morgan fingerprint density at radius 1 is 1.00 bits per heavy atom. The Labute approximate surface area is 123 Å². The second-order valence-electron chi connectivity index (χ2n) is 5.41. The quantitative estimate of drug-likeness (QED) is 0.420. The minimum absolute atomic E-state index is 0.0742. The minimum Gasteiger partial charge on any atom is -0.458 e. The van der Waals surface area contributed by atoms with Crippen LogP contribution in [0.25, 0.3) is 0 Å². The Morgan fingerprint density at radius 3 is 2.25 bits per heavy atom. The molecule has 2 nitrogen and oxygen atoms in total. The molecule has 20 heavy (non-hydrogen) atoms. The Morgan fingerprint density at radius 2 is 1.60 bits per heavy atom. The van der Waals surface area contributed by atoms with Crippen LogP contribution in [-0.2, 0) is 9.53 Å². The Kier molecular flexibility index (Phi) is 8.77. The predicted molar refractivity (Wildman–Crippen MR) is 83.6 cm³/mol. The Hall–Kier alpha value is -1.31. The zero-order valence-electron chi connectivity index (χ0n) is 12.9. The largest absolute Gasteiger partial charge is 0.458 e. The first-order valence-electron chi connectivity index (χ1n) is 7.98. The summed E-state index contributed by atoms with van der Waals surface area (Å²) in [5.74, 6) is -0.0742. The number of hydrogen-bond acceptors (Lipinski definition) is 2. The number of rotatable bonds is 10. The van der Waals surface area contributed by atoms with Crippen LogP contribution in [0.5, 0.6) is 0 Å². The molecule has 0 saturated carbocycles. The van der Waals surface area contributed by atoms with Gasteiger partial charge in [0.2, 0.25) is 0 Å². The van der Waals surface area contributed by atoms with Gasteiger partial charge in [-0.1, -0.05) is 75.8 Å². The van der Waals surface area contributed by atoms with Crippen molar-refractivity contribution in [3.05, 3.63) is 35.9 Å². The molecule has 2 heteroatoms. The summed E-state index contributed by atoms with van der Waals surface area (Å²) < 4.78 is 5.44. The Bertz CT molecular complexity index is 359. The molecule has 0 aliphatic rings. The first kappa shape index (κ1) is 16.7. The van der Waals surface area contributed by atoms with Crippen LogP contribution in [-0.4, -0.2) is 5.97 Å². The van der Waals surface area contributed by atoms with Crippen molar-refractivity contribution in [3.63, 3.8) is 0 Å². The second-order valence-corrected chi connectivity index (χ2v) is 5.41. The van der Waals surface area contributed by atoms with Crippen molar-refractivity contribution in [2.45, 2.75) is 71.3 Å². The maximum Gasteiger partial charge on any atom is 0.306 e. The van der Waals surface area contributed by atoms with Crippen LogP contribution in [0.2, 0.25) is 0 Å². The summed E-state index contributed by atoms with van der Waals surface area (Å²) >= 11 is 0. The monoisotopic (exact) mass is 276 g/mol. The fraction of sp³-hybridized carbons (Fsp3) is 0.611. The standard InChI is InChI=1S/C18H28O2/c1-3-4-5-6-7-8-12-15-18(19)20-16(2)17-13-10-9-11-14-17/h9-11,13-14,16H,3-8,12,15H2,1-2H3. The van der Waals surface area contributed by atoms with E-state index in [2.05, 4.69) is 6.92 Å². The lowest BCUT2D eigenvalue weighted by Crippen LogP contribution is -2.08. The third kappa shape index (κ3) is 7.32. The molecule has 1 aromatic rings. The third-order valence-electron chi connectivity index (χ3n) is 3.56. The molecule has 0 N–H and O–H groups in total. The molecule has 112 valence electrons. The van der Waals surface area contributed by atoms with Crippen LogP contribution in [0, 0.1) is 0 Å². The van der Waals surface area contributed by atoms with E-state index >= 15 is 0 Å². The lowest BCUT2D eigenvalue weighted by molar-refractivity contribution is -0.148. The molecule has 0 radical (unpaired) electrons. The van der Waals surface area contributed by atoms with Gasteiger partial charge in [0.05, 0.1) is 0 Å². The van der Waals surface area contributed by atoms with Gasteiger partial charge < -0.3 is 4.74 Å². The van der Waals surface area contributed by atoms with Crippen molar-refractivity contribution < 1.29 is 9.53 Å². The summed E-state index contributed by atoms with van der Waals surface area (Å²) in [6, 6.07) is 9.89. The van der Waals surface area contributed by atoms with Gasteiger partial charge in [-0.15, -0.1) is 0 Å². The minimum atomic E-state index is -0.145. The van der Waals surface area contributed by atoms with Gasteiger partial charge in [-0.2, -0.15) is 0 Å². The average Bonchev–Trinajstić information content (AvgIpc) is 2.47. The van der Waals surface area contributed by atoms with Gasteiger partial charge in [-0.3, -0.25) is 4.79 Å². The van der Waals surface area contributed by atoms with Crippen LogP contribution in [0.1, 0.15) is 76.9 Å². The summed E-state index contributed by atoms with van der Waals surface area (Å²) in [6.07, 6.45) is 8.96. The van der Waals surface area contributed by atoms with Gasteiger partial charge in [-0.05, 0) is 18.9 Å². The van der Waals surface area contributed by atoms with Gasteiger partial charge in [-0.25, -0.2) is 0 Å². The second kappa shape index (κ2) is 10.5. The van der Waals surface area contributed by atoms with E-state index in [9.17, 15) is 4.79 Å². The van der Waals surface area contributed by atoms with Crippen molar-refractivity contribution in [2.24, 2.45) is 0 Å². The highest BCUT2D eigenvalue weighted by Crippen LogP contribution is 2.17. The molecule has 0 saturated heterocycles. The van der Waals surface area contributed by atoms with Crippen LogP contribution in [0.3, 0.4) is 0 Å². The molecule has 1 rings (SSSR count). The van der Waals surface area contributed by atoms with E-state index in [-0.39, 0.29) is 12.1 Å². The van der Waals surface area contributed by atoms with Gasteiger partial charge >= 0.3 is 5.97 Å². The van der Waals surface area contributed by atoms with E-state index in [1.165, 1.54) is 32.1 Å². The van der Waals surface area contributed by atoms with Crippen molar-refractivity contribution in [1.29, 1.82) is 0 Å². The van der Waals surface area contributed by atoms with Gasteiger partial charge in [0.15, 0.2) is 0 Å². The molecule has 0 aromatic heterocycles. The molecule has 0 amide bonds. The molecular weight excluding hydrogens is 248 g/mol. The molecule has 0 aliphatic carbocycles. The summed E-state index contributed by atoms with van der Waals surface area (Å²) in [7, 11) is 0. The topological polar surface area (TPSA) is 26.3 Å². The van der Waals surface area contributed by atoms with E-state index in [4.69, 9.17) is 4.74 Å². The number of ether oxygens (including phenoxy) is 1. The van der Waals surface area contributed by atoms with E-state index in [0.29, 0.717) is 6.42 Å². The Balaban J connectivity index is 2.08. The van der Waals surface area contributed by atoms with Gasteiger partial charge in [0, 0.05) is 6.42 Å². The number of hydrogen-bond donors (Lipinski definition) is 0. The average molecular weight is 276 g/mol. The summed E-state index contributed by atoms with van der Waals surface area (Å²) in [6.45, 7) is 4.15. The number of esters is 1. The van der Waals surface area contributed by atoms with Crippen LogP contribution < -0.4 is 0 Å². The van der Waals surface area contributed by atoms with Crippen molar-refractivity contribution >= 4 is 5.97 Å². The van der Waals surface area contributed by atoms with Crippen molar-refractivity contribution in [3.8, 4) is 0 Å². The highest BCUT2D eigenvalue weighted by atomic mass is 16.5. The van der Waals surface area contributed by atoms with E-state index < -0.39 is 0 Å². The van der Waals surface area contributed by atoms with E-state index in [1.54, 1.807) is 0 Å². The van der Waals surface area contributed by atoms with Crippen LogP contribution in [0.15, 0.2) is 30.3 Å². The molecule has 1 aromatic carbocycles. The molecule has 0 spiro atoms. The highest BCUT2D eigenvalue weighted by Gasteiger charge is 2.10. The first-order chi connectivity index (χ1) is 9.74. The lowest BCUT2D eigenvalue weighted by atomic mass is 10.1. The zero-order chi connectivity index (χ0) is 14.6. The summed E-state index contributed by atoms with van der Waals surface area (Å²) in [5.41, 5.74) is 1.06. The molecule has 1 unspecified atom stereocenters. The molecule has 1 atom stereocenters. The maximum absolute atomic E-state index is 11.7. The fourth-order valence-corrected chi connectivity index (χ4v) is 2.27. The number of benzene rings is 1. The highest BCUT2D eigenvalue weighted by molar-refractivity contribution is 5.69. The molecular formula is C18H28O2. The number of carbonyl (C=O) groups excluding carboxylic acids is 1. The molecule has 0 aliphatic heterocycles. The summed E-state index contributed by atoms with van der Waals surface area (Å²) in [5, 5.41) is 0. The van der Waals surface area contributed by atoms with Crippen molar-refractivity contribution in [1.82, 2.24) is 0 Å². The zero-order valence-corrected chi connectivity index (χ0v) is 12.9. The van der Waals surface area contributed by atoms with E-state index in [1.807, 2.05) is 37.3 Å². The smallest absolute Gasteiger partial charge is 0.306 e. The third-order valence-corrected chi connectivity index (χ3v) is 3.56. The SMILES string of the molecule is CCCCCCCCCC(=O)OC(C)c1ccccc1. The molecule has 0 fully saturated rings. The van der Waals surface area contributed by atoms with Gasteiger partial charge in [0.25, 0.3) is 0 Å². The predicted octanol–water partition coefficient (Wildman–Crippen LogP) is 5.43. The number of carbonyl (C=O) groups is 1. The summed E-state index contributed by atoms with van der Waals surface area (Å²) in [4.78, 5) is 11.7.